The number of aromatic nitrogens is 2. The average Bonchev–Trinajstić information content (AvgIpc) is 3.52. The Morgan fingerprint density at radius 1 is 1.11 bits per heavy atom. The number of rotatable bonds is 9. The van der Waals surface area contributed by atoms with Crippen LogP contribution < -0.4 is 19.9 Å². The van der Waals surface area contributed by atoms with Gasteiger partial charge in [0.25, 0.3) is 0 Å². The molecule has 1 atom stereocenters. The first-order valence-corrected chi connectivity index (χ1v) is 12.9. The molecule has 188 valence electrons. The normalized spacial score (nSPS) is 14.8. The number of hydrogen-bond acceptors (Lipinski definition) is 9. The van der Waals surface area contributed by atoms with E-state index in [1.807, 2.05) is 37.3 Å². The van der Waals surface area contributed by atoms with Gasteiger partial charge in [-0.1, -0.05) is 0 Å². The first kappa shape index (κ1) is 24.3. The number of ether oxygens (including phenoxy) is 4. The maximum Gasteiger partial charge on any atom is 0.323 e. The third-order valence-corrected chi connectivity index (χ3v) is 7.21. The molecular weight excluding hydrogens is 478 g/mol. The monoisotopic (exact) mass is 507 g/mol. The van der Waals surface area contributed by atoms with Crippen molar-refractivity contribution in [2.24, 2.45) is 5.73 Å². The summed E-state index contributed by atoms with van der Waals surface area (Å²) in [6, 6.07) is 10.6. The molecule has 1 aliphatic carbocycles. The van der Waals surface area contributed by atoms with E-state index in [-0.39, 0.29) is 18.7 Å². The van der Waals surface area contributed by atoms with Crippen LogP contribution in [0.3, 0.4) is 0 Å². The number of aryl methyl sites for hydroxylation is 1. The first-order chi connectivity index (χ1) is 17.5. The van der Waals surface area contributed by atoms with Gasteiger partial charge in [0, 0.05) is 30.1 Å². The van der Waals surface area contributed by atoms with Gasteiger partial charge < -0.3 is 24.7 Å². The molecular formula is C27H29N3O5S. The number of benzene rings is 2. The molecule has 1 fully saturated rings. The molecule has 0 unspecified atom stereocenters. The highest BCUT2D eigenvalue weighted by Gasteiger charge is 2.23. The predicted molar refractivity (Wildman–Crippen MR) is 139 cm³/mol. The van der Waals surface area contributed by atoms with E-state index >= 15 is 0 Å². The summed E-state index contributed by atoms with van der Waals surface area (Å²) in [6.45, 7) is 2.23. The fourth-order valence-electron chi connectivity index (χ4n) is 4.37. The van der Waals surface area contributed by atoms with Crippen LogP contribution in [-0.4, -0.2) is 41.8 Å². The number of fused-ring (bicyclic) bond motifs is 2. The molecule has 36 heavy (non-hydrogen) atoms. The van der Waals surface area contributed by atoms with Gasteiger partial charge in [0.2, 0.25) is 0 Å². The molecule has 2 aromatic heterocycles. The minimum Gasteiger partial charge on any atom is -0.493 e. The SMILES string of the molecule is COc1cc2c(Oc3ccc4sc(C)nc4c3)ccnc2cc1OCC[C@H](N)C(=O)OC1CCCC1. The van der Waals surface area contributed by atoms with E-state index < -0.39 is 6.04 Å². The molecule has 2 N–H and O–H groups in total. The molecule has 1 saturated carbocycles. The van der Waals surface area contributed by atoms with Crippen LogP contribution >= 0.6 is 11.3 Å². The van der Waals surface area contributed by atoms with Gasteiger partial charge in [0.05, 0.1) is 34.5 Å². The summed E-state index contributed by atoms with van der Waals surface area (Å²) in [4.78, 5) is 21.3. The lowest BCUT2D eigenvalue weighted by molar-refractivity contribution is -0.150. The molecule has 2 heterocycles. The maximum absolute atomic E-state index is 12.2. The van der Waals surface area contributed by atoms with Crippen molar-refractivity contribution in [3.63, 3.8) is 0 Å². The summed E-state index contributed by atoms with van der Waals surface area (Å²) in [6.07, 6.45) is 6.05. The number of carbonyl (C=O) groups excluding carboxylic acids is 1. The molecule has 1 aliphatic rings. The number of nitrogens with two attached hydrogens (primary N) is 1. The van der Waals surface area contributed by atoms with E-state index in [1.165, 1.54) is 0 Å². The number of thiazole rings is 1. The van der Waals surface area contributed by atoms with Crippen LogP contribution in [0.2, 0.25) is 0 Å². The third-order valence-electron chi connectivity index (χ3n) is 6.25. The van der Waals surface area contributed by atoms with Crippen LogP contribution in [0.4, 0.5) is 0 Å². The summed E-state index contributed by atoms with van der Waals surface area (Å²) in [5.74, 6) is 2.02. The number of pyridine rings is 1. The predicted octanol–water partition coefficient (Wildman–Crippen LogP) is 5.54. The zero-order chi connectivity index (χ0) is 25.1. The fraction of sp³-hybridized carbons (Fsp3) is 0.370. The van der Waals surface area contributed by atoms with Crippen LogP contribution in [0.15, 0.2) is 42.6 Å². The third kappa shape index (κ3) is 5.37. The minimum atomic E-state index is -0.728. The highest BCUT2D eigenvalue weighted by Crippen LogP contribution is 2.38. The topological polar surface area (TPSA) is 106 Å². The first-order valence-electron chi connectivity index (χ1n) is 12.1. The Labute approximate surface area is 213 Å². The van der Waals surface area contributed by atoms with E-state index in [4.69, 9.17) is 24.7 Å². The minimum absolute atomic E-state index is 0.0000710. The van der Waals surface area contributed by atoms with Crippen molar-refractivity contribution in [2.75, 3.05) is 13.7 Å². The van der Waals surface area contributed by atoms with Crippen LogP contribution in [0.1, 0.15) is 37.1 Å². The van der Waals surface area contributed by atoms with E-state index in [2.05, 4.69) is 9.97 Å². The van der Waals surface area contributed by atoms with Gasteiger partial charge in [-0.15, -0.1) is 11.3 Å². The highest BCUT2D eigenvalue weighted by atomic mass is 32.1. The molecule has 0 amide bonds. The quantitative estimate of drug-likeness (QED) is 0.295. The number of carbonyl (C=O) groups is 1. The van der Waals surface area contributed by atoms with Crippen molar-refractivity contribution < 1.29 is 23.7 Å². The van der Waals surface area contributed by atoms with Gasteiger partial charge in [-0.25, -0.2) is 4.98 Å². The molecule has 0 radical (unpaired) electrons. The zero-order valence-electron chi connectivity index (χ0n) is 20.4. The zero-order valence-corrected chi connectivity index (χ0v) is 21.2. The molecule has 0 spiro atoms. The second-order valence-electron chi connectivity index (χ2n) is 8.88. The molecule has 8 nitrogen and oxygen atoms in total. The number of nitrogens with zero attached hydrogens (tertiary/aromatic N) is 2. The van der Waals surface area contributed by atoms with Gasteiger partial charge in [-0.3, -0.25) is 9.78 Å². The van der Waals surface area contributed by atoms with Gasteiger partial charge >= 0.3 is 5.97 Å². The standard InChI is InChI=1S/C27H29N3O5S/c1-16-30-22-13-18(7-8-26(22)36-16)34-23-9-11-29-21-15-25(24(32-2)14-19(21)23)33-12-10-20(28)27(31)35-17-5-3-4-6-17/h7-9,11,13-15,17,20H,3-6,10,12,28H2,1-2H3/t20-/m0/s1. The van der Waals surface area contributed by atoms with Gasteiger partial charge in [0.1, 0.15) is 23.6 Å². The Morgan fingerprint density at radius 2 is 1.94 bits per heavy atom. The number of hydrogen-bond donors (Lipinski definition) is 1. The van der Waals surface area contributed by atoms with E-state index in [9.17, 15) is 4.79 Å². The summed E-state index contributed by atoms with van der Waals surface area (Å²) < 4.78 is 24.3. The number of methoxy groups -OCH3 is 1. The average molecular weight is 508 g/mol. The van der Waals surface area contributed by atoms with Crippen LogP contribution in [0.25, 0.3) is 21.1 Å². The summed E-state index contributed by atoms with van der Waals surface area (Å²) in [5.41, 5.74) is 7.63. The second kappa shape index (κ2) is 10.7. The molecule has 5 rings (SSSR count). The molecule has 0 bridgehead atoms. The molecule has 4 aromatic rings. The van der Waals surface area contributed by atoms with Crippen molar-refractivity contribution in [2.45, 2.75) is 51.2 Å². The Balaban J connectivity index is 1.28. The number of esters is 1. The van der Waals surface area contributed by atoms with Gasteiger partial charge in [0.15, 0.2) is 11.5 Å². The smallest absolute Gasteiger partial charge is 0.323 e. The van der Waals surface area contributed by atoms with Crippen molar-refractivity contribution in [3.05, 3.63) is 47.6 Å². The Morgan fingerprint density at radius 3 is 2.75 bits per heavy atom. The second-order valence-corrected chi connectivity index (χ2v) is 10.1. The summed E-state index contributed by atoms with van der Waals surface area (Å²) >= 11 is 1.65. The van der Waals surface area contributed by atoms with Crippen molar-refractivity contribution in [1.29, 1.82) is 0 Å². The lowest BCUT2D eigenvalue weighted by Crippen LogP contribution is -2.35. The highest BCUT2D eigenvalue weighted by molar-refractivity contribution is 7.18. The molecule has 2 aromatic carbocycles. The van der Waals surface area contributed by atoms with Crippen molar-refractivity contribution in [3.8, 4) is 23.0 Å². The van der Waals surface area contributed by atoms with Gasteiger partial charge in [-0.2, -0.15) is 0 Å². The van der Waals surface area contributed by atoms with Crippen molar-refractivity contribution in [1.82, 2.24) is 9.97 Å². The fourth-order valence-corrected chi connectivity index (χ4v) is 5.18. The largest absolute Gasteiger partial charge is 0.493 e. The Hall–Kier alpha value is -3.43. The lowest BCUT2D eigenvalue weighted by atomic mass is 10.1. The molecule has 0 saturated heterocycles. The summed E-state index contributed by atoms with van der Waals surface area (Å²) in [7, 11) is 1.58. The van der Waals surface area contributed by atoms with Crippen molar-refractivity contribution >= 4 is 38.4 Å². The lowest BCUT2D eigenvalue weighted by Gasteiger charge is -2.17. The van der Waals surface area contributed by atoms with E-state index in [1.54, 1.807) is 30.7 Å². The Kier molecular flexibility index (Phi) is 7.20. The molecule has 9 heteroatoms. The Bertz CT molecular complexity index is 1380. The van der Waals surface area contributed by atoms with Crippen LogP contribution in [0.5, 0.6) is 23.0 Å². The van der Waals surface area contributed by atoms with Gasteiger partial charge in [-0.05, 0) is 56.9 Å². The summed E-state index contributed by atoms with van der Waals surface area (Å²) in [5, 5.41) is 1.80. The van der Waals surface area contributed by atoms with Crippen LogP contribution in [0, 0.1) is 6.92 Å². The molecule has 0 aliphatic heterocycles. The van der Waals surface area contributed by atoms with Crippen LogP contribution in [-0.2, 0) is 9.53 Å². The van der Waals surface area contributed by atoms with E-state index in [0.717, 1.165) is 46.3 Å². The maximum atomic E-state index is 12.2. The van der Waals surface area contributed by atoms with E-state index in [0.29, 0.717) is 34.9 Å².